The standard InChI is InChI=1S/C14H15BrN2O5/c1-8(14(20)21)16-12(18)4-5-17-10-3-2-9(15)6-11(10)22-7-13(17)19/h2-3,6,8H,4-5,7H2,1H3,(H,16,18)(H,20,21)/t8-/m0/s1. The number of rotatable bonds is 5. The van der Waals surface area contributed by atoms with E-state index in [9.17, 15) is 14.4 Å². The van der Waals surface area contributed by atoms with Crippen molar-refractivity contribution in [3.63, 3.8) is 0 Å². The van der Waals surface area contributed by atoms with E-state index in [0.29, 0.717) is 11.4 Å². The smallest absolute Gasteiger partial charge is 0.325 e. The Balaban J connectivity index is 2.02. The van der Waals surface area contributed by atoms with Crippen LogP contribution in [0.15, 0.2) is 22.7 Å². The number of carboxylic acid groups (broad SMARTS) is 1. The third-order valence-corrected chi connectivity index (χ3v) is 3.67. The number of carbonyl (C=O) groups excluding carboxylic acids is 2. The van der Waals surface area contributed by atoms with Crippen LogP contribution in [0.5, 0.6) is 5.75 Å². The zero-order valence-corrected chi connectivity index (χ0v) is 13.4. The van der Waals surface area contributed by atoms with Gasteiger partial charge in [0.25, 0.3) is 5.91 Å². The van der Waals surface area contributed by atoms with Crippen molar-refractivity contribution in [3.05, 3.63) is 22.7 Å². The van der Waals surface area contributed by atoms with E-state index in [1.165, 1.54) is 11.8 Å². The van der Waals surface area contributed by atoms with Crippen LogP contribution >= 0.6 is 15.9 Å². The lowest BCUT2D eigenvalue weighted by atomic mass is 10.2. The fourth-order valence-electron chi connectivity index (χ4n) is 2.01. The second-order valence-electron chi connectivity index (χ2n) is 4.82. The van der Waals surface area contributed by atoms with Crippen molar-refractivity contribution < 1.29 is 24.2 Å². The van der Waals surface area contributed by atoms with E-state index in [1.807, 2.05) is 0 Å². The van der Waals surface area contributed by atoms with Gasteiger partial charge in [-0.15, -0.1) is 0 Å². The first-order chi connectivity index (χ1) is 10.4. The Hall–Kier alpha value is -2.09. The molecule has 0 radical (unpaired) electrons. The number of ether oxygens (including phenoxy) is 1. The number of hydrogen-bond donors (Lipinski definition) is 2. The van der Waals surface area contributed by atoms with Crippen LogP contribution in [0.2, 0.25) is 0 Å². The van der Waals surface area contributed by atoms with Crippen molar-refractivity contribution >= 4 is 39.4 Å². The Kier molecular flexibility index (Phi) is 5.02. The van der Waals surface area contributed by atoms with E-state index < -0.39 is 17.9 Å². The lowest BCUT2D eigenvalue weighted by molar-refractivity contribution is -0.141. The first kappa shape index (κ1) is 16.3. The van der Waals surface area contributed by atoms with Crippen molar-refractivity contribution in [1.29, 1.82) is 0 Å². The fourth-order valence-corrected chi connectivity index (χ4v) is 2.35. The molecule has 0 aromatic heterocycles. The molecule has 0 unspecified atom stereocenters. The van der Waals surface area contributed by atoms with Crippen LogP contribution in [-0.4, -0.2) is 42.1 Å². The summed E-state index contributed by atoms with van der Waals surface area (Å²) in [7, 11) is 0. The van der Waals surface area contributed by atoms with Crippen LogP contribution in [0, 0.1) is 0 Å². The molecule has 8 heteroatoms. The zero-order valence-electron chi connectivity index (χ0n) is 11.8. The monoisotopic (exact) mass is 370 g/mol. The van der Waals surface area contributed by atoms with Crippen molar-refractivity contribution in [3.8, 4) is 5.75 Å². The summed E-state index contributed by atoms with van der Waals surface area (Å²) in [5.41, 5.74) is 0.596. The highest BCUT2D eigenvalue weighted by Gasteiger charge is 2.26. The largest absolute Gasteiger partial charge is 0.482 e. The predicted molar refractivity (Wildman–Crippen MR) is 81.8 cm³/mol. The van der Waals surface area contributed by atoms with Crippen LogP contribution in [0.4, 0.5) is 5.69 Å². The molecule has 1 aromatic rings. The molecule has 1 aliphatic heterocycles. The molecule has 0 fully saturated rings. The summed E-state index contributed by atoms with van der Waals surface area (Å²) < 4.78 is 6.18. The summed E-state index contributed by atoms with van der Waals surface area (Å²) in [6.45, 7) is 1.46. The molecule has 7 nitrogen and oxygen atoms in total. The van der Waals surface area contributed by atoms with Crippen LogP contribution < -0.4 is 15.0 Å². The van der Waals surface area contributed by atoms with Gasteiger partial charge < -0.3 is 20.1 Å². The minimum absolute atomic E-state index is 0.0128. The quantitative estimate of drug-likeness (QED) is 0.810. The molecule has 2 rings (SSSR count). The molecule has 2 N–H and O–H groups in total. The van der Waals surface area contributed by atoms with E-state index in [2.05, 4.69) is 21.2 Å². The summed E-state index contributed by atoms with van der Waals surface area (Å²) in [5, 5.41) is 11.1. The van der Waals surface area contributed by atoms with E-state index in [0.717, 1.165) is 4.47 Å². The first-order valence-corrected chi connectivity index (χ1v) is 7.42. The van der Waals surface area contributed by atoms with Crippen molar-refractivity contribution in [2.75, 3.05) is 18.1 Å². The summed E-state index contributed by atoms with van der Waals surface area (Å²) >= 11 is 3.33. The van der Waals surface area contributed by atoms with Gasteiger partial charge in [-0.2, -0.15) is 0 Å². The Labute approximate surface area is 135 Å². The Morgan fingerprint density at radius 1 is 1.50 bits per heavy atom. The molecule has 1 aromatic carbocycles. The second kappa shape index (κ2) is 6.78. The fraction of sp³-hybridized carbons (Fsp3) is 0.357. The number of fused-ring (bicyclic) bond motifs is 1. The molecule has 1 atom stereocenters. The number of carboxylic acids is 1. The Morgan fingerprint density at radius 3 is 2.91 bits per heavy atom. The molecule has 22 heavy (non-hydrogen) atoms. The minimum atomic E-state index is -1.11. The third-order valence-electron chi connectivity index (χ3n) is 3.18. The number of carbonyl (C=O) groups is 3. The van der Waals surface area contributed by atoms with Crippen LogP contribution in [0.25, 0.3) is 0 Å². The topological polar surface area (TPSA) is 95.9 Å². The summed E-state index contributed by atoms with van der Waals surface area (Å²) in [4.78, 5) is 35.8. The van der Waals surface area contributed by atoms with Crippen LogP contribution in [-0.2, 0) is 14.4 Å². The highest BCUT2D eigenvalue weighted by atomic mass is 79.9. The lowest BCUT2D eigenvalue weighted by Crippen LogP contribution is -2.43. The number of nitrogens with one attached hydrogen (secondary N) is 1. The maximum atomic E-state index is 11.9. The molecule has 0 saturated carbocycles. The maximum absolute atomic E-state index is 11.9. The number of benzene rings is 1. The zero-order chi connectivity index (χ0) is 16.3. The van der Waals surface area contributed by atoms with Gasteiger partial charge in [-0.05, 0) is 25.1 Å². The average Bonchev–Trinajstić information content (AvgIpc) is 2.46. The molecule has 0 bridgehead atoms. The van der Waals surface area contributed by atoms with E-state index in [4.69, 9.17) is 9.84 Å². The van der Waals surface area contributed by atoms with Gasteiger partial charge >= 0.3 is 5.97 Å². The number of halogens is 1. The molecule has 1 aliphatic rings. The van der Waals surface area contributed by atoms with Gasteiger partial charge in [0.15, 0.2) is 6.61 Å². The number of aliphatic carboxylic acids is 1. The van der Waals surface area contributed by atoms with Gasteiger partial charge in [0.1, 0.15) is 11.8 Å². The first-order valence-electron chi connectivity index (χ1n) is 6.63. The summed E-state index contributed by atoms with van der Waals surface area (Å²) in [5.74, 6) is -1.21. The van der Waals surface area contributed by atoms with Crippen molar-refractivity contribution in [1.82, 2.24) is 5.32 Å². The molecular weight excluding hydrogens is 356 g/mol. The molecular formula is C14H15BrN2O5. The van der Waals surface area contributed by atoms with Crippen LogP contribution in [0.3, 0.4) is 0 Å². The Morgan fingerprint density at radius 2 is 2.23 bits per heavy atom. The maximum Gasteiger partial charge on any atom is 0.325 e. The summed E-state index contributed by atoms with van der Waals surface area (Å²) in [6, 6.07) is 4.30. The number of amides is 2. The van der Waals surface area contributed by atoms with E-state index >= 15 is 0 Å². The van der Waals surface area contributed by atoms with Crippen molar-refractivity contribution in [2.24, 2.45) is 0 Å². The van der Waals surface area contributed by atoms with Gasteiger partial charge in [0.05, 0.1) is 5.69 Å². The van der Waals surface area contributed by atoms with Gasteiger partial charge in [-0.3, -0.25) is 14.4 Å². The molecule has 2 amide bonds. The molecule has 118 valence electrons. The van der Waals surface area contributed by atoms with Gasteiger partial charge in [0.2, 0.25) is 5.91 Å². The summed E-state index contributed by atoms with van der Waals surface area (Å²) in [6.07, 6.45) is 0.0128. The van der Waals surface area contributed by atoms with Gasteiger partial charge in [0, 0.05) is 17.4 Å². The van der Waals surface area contributed by atoms with E-state index in [1.54, 1.807) is 18.2 Å². The van der Waals surface area contributed by atoms with Gasteiger partial charge in [-0.1, -0.05) is 15.9 Å². The average molecular weight is 371 g/mol. The predicted octanol–water partition coefficient (Wildman–Crippen LogP) is 1.15. The number of hydrogen-bond acceptors (Lipinski definition) is 4. The minimum Gasteiger partial charge on any atom is -0.482 e. The third kappa shape index (κ3) is 3.76. The lowest BCUT2D eigenvalue weighted by Gasteiger charge is -2.29. The molecule has 0 saturated heterocycles. The van der Waals surface area contributed by atoms with Crippen LogP contribution in [0.1, 0.15) is 13.3 Å². The second-order valence-corrected chi connectivity index (χ2v) is 5.74. The van der Waals surface area contributed by atoms with E-state index in [-0.39, 0.29) is 25.5 Å². The molecule has 0 spiro atoms. The SMILES string of the molecule is C[C@H](NC(=O)CCN1C(=O)COc2cc(Br)ccc21)C(=O)O. The molecule has 1 heterocycles. The van der Waals surface area contributed by atoms with Crippen molar-refractivity contribution in [2.45, 2.75) is 19.4 Å². The molecule has 0 aliphatic carbocycles. The highest BCUT2D eigenvalue weighted by molar-refractivity contribution is 9.10. The Bertz CT molecular complexity index is 619. The number of anilines is 1. The normalized spacial score (nSPS) is 14.8. The number of nitrogens with zero attached hydrogens (tertiary/aromatic N) is 1. The highest BCUT2D eigenvalue weighted by Crippen LogP contribution is 2.34. The van der Waals surface area contributed by atoms with Gasteiger partial charge in [-0.25, -0.2) is 0 Å².